The molecule has 3 aromatic rings. The fraction of sp³-hybridized carbons (Fsp3) is 0.238. The number of quaternary nitrogens is 1. The van der Waals surface area contributed by atoms with Crippen molar-refractivity contribution in [1.82, 2.24) is 0 Å². The Balaban J connectivity index is 1.62. The second-order valence-electron chi connectivity index (χ2n) is 6.63. The Morgan fingerprint density at radius 3 is 2.30 bits per heavy atom. The van der Waals surface area contributed by atoms with E-state index in [1.54, 1.807) is 0 Å². The van der Waals surface area contributed by atoms with Gasteiger partial charge in [-0.15, -0.1) is 0 Å². The zero-order valence-electron chi connectivity index (χ0n) is 13.9. The summed E-state index contributed by atoms with van der Waals surface area (Å²) < 4.78 is 6.99. The molecule has 0 bridgehead atoms. The van der Waals surface area contributed by atoms with E-state index in [1.165, 1.54) is 16.3 Å². The van der Waals surface area contributed by atoms with Gasteiger partial charge < -0.3 is 9.22 Å². The lowest BCUT2D eigenvalue weighted by Gasteiger charge is -2.29. The standard InChI is InChI=1S/C21H24NO/c1-22(2,17-18-9-4-3-5-10-18)15-16-23-21-14-8-12-19-11-6-7-13-20(19)21/h3-14H,15-17H2,1-2H3/q+1. The maximum atomic E-state index is 6.08. The topological polar surface area (TPSA) is 9.23 Å². The monoisotopic (exact) mass is 306 g/mol. The van der Waals surface area contributed by atoms with Gasteiger partial charge >= 0.3 is 0 Å². The molecule has 0 heterocycles. The van der Waals surface area contributed by atoms with Gasteiger partial charge in [0.15, 0.2) is 0 Å². The number of benzene rings is 3. The van der Waals surface area contributed by atoms with E-state index in [-0.39, 0.29) is 0 Å². The number of fused-ring (bicyclic) bond motifs is 1. The van der Waals surface area contributed by atoms with Crippen LogP contribution in [0.2, 0.25) is 0 Å². The Morgan fingerprint density at radius 2 is 1.48 bits per heavy atom. The van der Waals surface area contributed by atoms with Crippen LogP contribution in [0.5, 0.6) is 5.75 Å². The normalized spacial score (nSPS) is 11.6. The van der Waals surface area contributed by atoms with E-state index >= 15 is 0 Å². The van der Waals surface area contributed by atoms with Gasteiger partial charge in [-0.25, -0.2) is 0 Å². The molecule has 0 aliphatic carbocycles. The minimum atomic E-state index is 0.716. The summed E-state index contributed by atoms with van der Waals surface area (Å²) in [6.45, 7) is 2.70. The summed E-state index contributed by atoms with van der Waals surface area (Å²) in [6, 6.07) is 25.2. The van der Waals surface area contributed by atoms with E-state index in [1.807, 2.05) is 0 Å². The van der Waals surface area contributed by atoms with Crippen LogP contribution in [0.15, 0.2) is 72.8 Å². The van der Waals surface area contributed by atoms with Crippen molar-refractivity contribution in [1.29, 1.82) is 0 Å². The summed E-state index contributed by atoms with van der Waals surface area (Å²) in [5.74, 6) is 0.975. The van der Waals surface area contributed by atoms with Gasteiger partial charge in [-0.2, -0.15) is 0 Å². The van der Waals surface area contributed by atoms with Crippen molar-refractivity contribution < 1.29 is 9.22 Å². The summed E-state index contributed by atoms with van der Waals surface area (Å²) in [7, 11) is 4.50. The molecule has 0 N–H and O–H groups in total. The third kappa shape index (κ3) is 4.11. The number of rotatable bonds is 6. The highest BCUT2D eigenvalue weighted by Crippen LogP contribution is 2.25. The first-order chi connectivity index (χ1) is 11.1. The molecule has 3 aromatic carbocycles. The fourth-order valence-corrected chi connectivity index (χ4v) is 2.88. The zero-order chi connectivity index (χ0) is 16.1. The SMILES string of the molecule is C[N+](C)(CCOc1cccc2ccccc12)Cc1ccccc1. The van der Waals surface area contributed by atoms with Crippen molar-refractivity contribution in [3.63, 3.8) is 0 Å². The van der Waals surface area contributed by atoms with Gasteiger partial charge in [0.2, 0.25) is 0 Å². The van der Waals surface area contributed by atoms with Crippen molar-refractivity contribution >= 4 is 10.8 Å². The van der Waals surface area contributed by atoms with Gasteiger partial charge in [0.05, 0.1) is 14.1 Å². The molecule has 118 valence electrons. The molecule has 0 atom stereocenters. The van der Waals surface area contributed by atoms with Crippen molar-refractivity contribution in [3.8, 4) is 5.75 Å². The molecule has 0 saturated heterocycles. The molecule has 0 spiro atoms. The Kier molecular flexibility index (Phi) is 4.63. The van der Waals surface area contributed by atoms with Gasteiger partial charge in [0.1, 0.15) is 25.4 Å². The van der Waals surface area contributed by atoms with Crippen molar-refractivity contribution in [2.45, 2.75) is 6.54 Å². The number of hydrogen-bond donors (Lipinski definition) is 0. The summed E-state index contributed by atoms with van der Waals surface area (Å²) >= 11 is 0. The lowest BCUT2D eigenvalue weighted by molar-refractivity contribution is -0.903. The highest BCUT2D eigenvalue weighted by molar-refractivity contribution is 5.88. The third-order valence-corrected chi connectivity index (χ3v) is 4.16. The molecule has 0 aliphatic heterocycles. The van der Waals surface area contributed by atoms with Gasteiger partial charge in [-0.1, -0.05) is 66.7 Å². The minimum absolute atomic E-state index is 0.716. The molecule has 23 heavy (non-hydrogen) atoms. The third-order valence-electron chi connectivity index (χ3n) is 4.16. The summed E-state index contributed by atoms with van der Waals surface area (Å²) in [4.78, 5) is 0. The molecule has 0 radical (unpaired) electrons. The van der Waals surface area contributed by atoms with Gasteiger partial charge in [0, 0.05) is 10.9 Å². The number of ether oxygens (including phenoxy) is 1. The predicted molar refractivity (Wildman–Crippen MR) is 96.6 cm³/mol. The smallest absolute Gasteiger partial charge is 0.137 e. The predicted octanol–water partition coefficient (Wildman–Crippen LogP) is 4.50. The Bertz CT molecular complexity index is 760. The van der Waals surface area contributed by atoms with E-state index in [9.17, 15) is 0 Å². The molecule has 0 aliphatic rings. The maximum Gasteiger partial charge on any atom is 0.137 e. The quantitative estimate of drug-likeness (QED) is 0.609. The Hall–Kier alpha value is -2.32. The average molecular weight is 306 g/mol. The van der Waals surface area contributed by atoms with E-state index in [0.717, 1.165) is 23.3 Å². The zero-order valence-corrected chi connectivity index (χ0v) is 13.9. The molecule has 0 saturated carbocycles. The Morgan fingerprint density at radius 1 is 0.783 bits per heavy atom. The molecule has 3 rings (SSSR count). The minimum Gasteiger partial charge on any atom is -0.487 e. The second-order valence-corrected chi connectivity index (χ2v) is 6.63. The van der Waals surface area contributed by atoms with E-state index in [4.69, 9.17) is 4.74 Å². The van der Waals surface area contributed by atoms with Crippen LogP contribution in [0.3, 0.4) is 0 Å². The van der Waals surface area contributed by atoms with E-state index in [0.29, 0.717) is 6.61 Å². The first kappa shape index (κ1) is 15.6. The summed E-state index contributed by atoms with van der Waals surface area (Å²) in [5, 5.41) is 2.41. The summed E-state index contributed by atoms with van der Waals surface area (Å²) in [6.07, 6.45) is 0. The van der Waals surface area contributed by atoms with Crippen LogP contribution in [-0.2, 0) is 6.54 Å². The van der Waals surface area contributed by atoms with Crippen LogP contribution < -0.4 is 4.74 Å². The molecular formula is C21H24NO+. The van der Waals surface area contributed by atoms with Crippen LogP contribution in [0.1, 0.15) is 5.56 Å². The molecule has 0 aromatic heterocycles. The molecular weight excluding hydrogens is 282 g/mol. The largest absolute Gasteiger partial charge is 0.487 e. The van der Waals surface area contributed by atoms with Crippen LogP contribution in [0.4, 0.5) is 0 Å². The van der Waals surface area contributed by atoms with Crippen LogP contribution in [0.25, 0.3) is 10.8 Å². The van der Waals surface area contributed by atoms with Crippen molar-refractivity contribution in [3.05, 3.63) is 78.4 Å². The molecule has 0 unspecified atom stereocenters. The number of likely N-dealkylation sites (N-methyl/N-ethyl adjacent to an activating group) is 1. The second kappa shape index (κ2) is 6.84. The molecule has 0 amide bonds. The van der Waals surface area contributed by atoms with E-state index < -0.39 is 0 Å². The molecule has 2 heteroatoms. The van der Waals surface area contributed by atoms with Crippen LogP contribution in [-0.4, -0.2) is 31.7 Å². The van der Waals surface area contributed by atoms with Gasteiger partial charge in [-0.3, -0.25) is 0 Å². The molecule has 0 fully saturated rings. The summed E-state index contributed by atoms with van der Waals surface area (Å²) in [5.41, 5.74) is 1.36. The maximum absolute atomic E-state index is 6.08. The van der Waals surface area contributed by atoms with Crippen LogP contribution in [0, 0.1) is 0 Å². The lowest BCUT2D eigenvalue weighted by atomic mass is 10.1. The van der Waals surface area contributed by atoms with Gasteiger partial charge in [-0.05, 0) is 11.5 Å². The molecule has 2 nitrogen and oxygen atoms in total. The lowest BCUT2D eigenvalue weighted by Crippen LogP contribution is -2.41. The highest BCUT2D eigenvalue weighted by Gasteiger charge is 2.16. The van der Waals surface area contributed by atoms with Gasteiger partial charge in [0.25, 0.3) is 0 Å². The highest BCUT2D eigenvalue weighted by atomic mass is 16.5. The first-order valence-corrected chi connectivity index (χ1v) is 8.11. The first-order valence-electron chi connectivity index (χ1n) is 8.11. The van der Waals surface area contributed by atoms with E-state index in [2.05, 4.69) is 86.9 Å². The number of nitrogens with zero attached hydrogens (tertiary/aromatic N) is 1. The Labute approximate surface area is 138 Å². The van der Waals surface area contributed by atoms with Crippen molar-refractivity contribution in [2.75, 3.05) is 27.2 Å². The van der Waals surface area contributed by atoms with Crippen LogP contribution >= 0.6 is 0 Å². The number of hydrogen-bond acceptors (Lipinski definition) is 1. The average Bonchev–Trinajstić information content (AvgIpc) is 2.55. The van der Waals surface area contributed by atoms with Crippen molar-refractivity contribution in [2.24, 2.45) is 0 Å². The fourth-order valence-electron chi connectivity index (χ4n) is 2.88.